The number of carbonyl (C=O) groups excluding carboxylic acids is 2. The molecule has 0 fully saturated rings. The molecule has 2 aromatic carbocycles. The Morgan fingerprint density at radius 3 is 2.30 bits per heavy atom. The van der Waals surface area contributed by atoms with Crippen LogP contribution in [0.15, 0.2) is 53.4 Å². The second-order valence-electron chi connectivity index (χ2n) is 7.43. The van der Waals surface area contributed by atoms with Gasteiger partial charge in [-0.25, -0.2) is 4.39 Å². The minimum Gasteiger partial charge on any atom is -0.368 e. The van der Waals surface area contributed by atoms with Crippen molar-refractivity contribution < 1.29 is 14.0 Å². The van der Waals surface area contributed by atoms with Crippen molar-refractivity contribution in [3.63, 3.8) is 0 Å². The first kappa shape index (κ1) is 21.0. The van der Waals surface area contributed by atoms with Crippen molar-refractivity contribution in [3.05, 3.63) is 65.5 Å². The predicted octanol–water partition coefficient (Wildman–Crippen LogP) is 3.90. The number of hydrogen-bond acceptors (Lipinski definition) is 3. The molecule has 0 aliphatic carbocycles. The van der Waals surface area contributed by atoms with Gasteiger partial charge < -0.3 is 10.6 Å². The van der Waals surface area contributed by atoms with E-state index in [4.69, 9.17) is 5.73 Å². The molecule has 1 unspecified atom stereocenters. The number of primary amides is 1. The van der Waals surface area contributed by atoms with E-state index in [1.165, 1.54) is 47.5 Å². The molecule has 2 aromatic rings. The molecule has 0 heterocycles. The summed E-state index contributed by atoms with van der Waals surface area (Å²) in [5, 5.41) is 0. The fraction of sp³-hybridized carbons (Fsp3) is 0.333. The van der Waals surface area contributed by atoms with E-state index in [-0.39, 0.29) is 17.1 Å². The van der Waals surface area contributed by atoms with E-state index < -0.39 is 17.8 Å². The number of thioether (sulfide) groups is 1. The van der Waals surface area contributed by atoms with Crippen LogP contribution in [0.3, 0.4) is 0 Å². The molecule has 2 amide bonds. The highest BCUT2D eigenvalue weighted by atomic mass is 32.2. The lowest BCUT2D eigenvalue weighted by Crippen LogP contribution is -2.40. The van der Waals surface area contributed by atoms with Crippen molar-refractivity contribution in [3.8, 4) is 0 Å². The van der Waals surface area contributed by atoms with Gasteiger partial charge in [0.25, 0.3) is 0 Å². The van der Waals surface area contributed by atoms with E-state index >= 15 is 0 Å². The third-order valence-electron chi connectivity index (χ3n) is 4.30. The molecule has 0 saturated carbocycles. The first-order valence-electron chi connectivity index (χ1n) is 8.63. The topological polar surface area (TPSA) is 63.4 Å². The smallest absolute Gasteiger partial charge is 0.244 e. The first-order chi connectivity index (χ1) is 12.6. The maximum Gasteiger partial charge on any atom is 0.244 e. The molecule has 2 rings (SSSR count). The molecule has 0 spiro atoms. The fourth-order valence-electron chi connectivity index (χ4n) is 2.70. The summed E-state index contributed by atoms with van der Waals surface area (Å²) in [7, 11) is 1.51. The van der Waals surface area contributed by atoms with Gasteiger partial charge in [-0.2, -0.15) is 0 Å². The maximum absolute atomic E-state index is 13.5. The van der Waals surface area contributed by atoms with Crippen LogP contribution in [0.2, 0.25) is 0 Å². The highest BCUT2D eigenvalue weighted by Gasteiger charge is 2.27. The molecule has 6 heteroatoms. The Bertz CT molecular complexity index is 816. The number of halogens is 1. The van der Waals surface area contributed by atoms with Gasteiger partial charge >= 0.3 is 0 Å². The molecule has 0 aliphatic rings. The monoisotopic (exact) mass is 388 g/mol. The highest BCUT2D eigenvalue weighted by Crippen LogP contribution is 2.27. The van der Waals surface area contributed by atoms with E-state index in [0.717, 1.165) is 4.90 Å². The Kier molecular flexibility index (Phi) is 6.65. The Labute approximate surface area is 163 Å². The number of nitrogens with two attached hydrogens (primary N) is 1. The zero-order chi connectivity index (χ0) is 20.2. The van der Waals surface area contributed by atoms with Gasteiger partial charge in [0.1, 0.15) is 11.9 Å². The molecule has 0 bridgehead atoms. The largest absolute Gasteiger partial charge is 0.368 e. The van der Waals surface area contributed by atoms with E-state index in [1.807, 2.05) is 12.1 Å². The number of amides is 2. The summed E-state index contributed by atoms with van der Waals surface area (Å²) in [5.74, 6) is -1.28. The molecular weight excluding hydrogens is 363 g/mol. The van der Waals surface area contributed by atoms with Gasteiger partial charge in [-0.05, 0) is 40.8 Å². The summed E-state index contributed by atoms with van der Waals surface area (Å²) >= 11 is 1.39. The van der Waals surface area contributed by atoms with Crippen molar-refractivity contribution in [2.24, 2.45) is 5.73 Å². The van der Waals surface area contributed by atoms with Crippen LogP contribution in [0.5, 0.6) is 0 Å². The maximum atomic E-state index is 13.5. The zero-order valence-electron chi connectivity index (χ0n) is 16.0. The van der Waals surface area contributed by atoms with Crippen LogP contribution in [0.4, 0.5) is 4.39 Å². The quantitative estimate of drug-likeness (QED) is 0.764. The van der Waals surface area contributed by atoms with Crippen LogP contribution in [0.1, 0.15) is 37.9 Å². The van der Waals surface area contributed by atoms with Gasteiger partial charge in [0, 0.05) is 11.9 Å². The molecule has 1 atom stereocenters. The van der Waals surface area contributed by atoms with Crippen LogP contribution >= 0.6 is 11.8 Å². The summed E-state index contributed by atoms with van der Waals surface area (Å²) in [6, 6.07) is 12.6. The van der Waals surface area contributed by atoms with E-state index in [0.29, 0.717) is 5.56 Å². The molecule has 0 aromatic heterocycles. The van der Waals surface area contributed by atoms with Crippen LogP contribution in [-0.2, 0) is 15.0 Å². The predicted molar refractivity (Wildman–Crippen MR) is 107 cm³/mol. The SMILES string of the molecule is CN(C(=O)CSc1ccc(C(C)(C)C)cc1)C(C(N)=O)c1cccc(F)c1. The Morgan fingerprint density at radius 1 is 1.15 bits per heavy atom. The number of hydrogen-bond donors (Lipinski definition) is 1. The minimum absolute atomic E-state index is 0.0684. The minimum atomic E-state index is -1.00. The molecule has 144 valence electrons. The third-order valence-corrected chi connectivity index (χ3v) is 5.29. The molecule has 0 radical (unpaired) electrons. The van der Waals surface area contributed by atoms with Crippen LogP contribution in [-0.4, -0.2) is 29.5 Å². The number of rotatable bonds is 6. The number of nitrogens with zero attached hydrogens (tertiary/aromatic N) is 1. The van der Waals surface area contributed by atoms with Crippen molar-refractivity contribution in [1.29, 1.82) is 0 Å². The van der Waals surface area contributed by atoms with E-state index in [2.05, 4.69) is 32.9 Å². The average molecular weight is 389 g/mol. The lowest BCUT2D eigenvalue weighted by Gasteiger charge is -2.26. The van der Waals surface area contributed by atoms with Gasteiger partial charge in [0.15, 0.2) is 0 Å². The molecule has 4 nitrogen and oxygen atoms in total. The Morgan fingerprint density at radius 2 is 1.78 bits per heavy atom. The first-order valence-corrected chi connectivity index (χ1v) is 9.62. The number of likely N-dealkylation sites (N-methyl/N-ethyl adjacent to an activating group) is 1. The standard InChI is InChI=1S/C21H25FN2O2S/c1-21(2,3)15-8-10-17(11-9-15)27-13-18(25)24(4)19(20(23)26)14-6-5-7-16(22)12-14/h5-12,19H,13H2,1-4H3,(H2,23,26). The second kappa shape index (κ2) is 8.57. The normalized spacial score (nSPS) is 12.5. The average Bonchev–Trinajstić information content (AvgIpc) is 2.59. The lowest BCUT2D eigenvalue weighted by atomic mass is 9.87. The van der Waals surface area contributed by atoms with Crippen LogP contribution < -0.4 is 5.73 Å². The summed E-state index contributed by atoms with van der Waals surface area (Å²) in [5.41, 5.74) is 7.11. The zero-order valence-corrected chi connectivity index (χ0v) is 16.8. The van der Waals surface area contributed by atoms with Crippen molar-refractivity contribution in [1.82, 2.24) is 4.90 Å². The lowest BCUT2D eigenvalue weighted by molar-refractivity contribution is -0.136. The van der Waals surface area contributed by atoms with Gasteiger partial charge in [0.05, 0.1) is 5.75 Å². The van der Waals surface area contributed by atoms with Crippen molar-refractivity contribution in [2.45, 2.75) is 37.1 Å². The van der Waals surface area contributed by atoms with Crippen molar-refractivity contribution >= 4 is 23.6 Å². The second-order valence-corrected chi connectivity index (χ2v) is 8.48. The van der Waals surface area contributed by atoms with E-state index in [1.54, 1.807) is 6.07 Å². The summed E-state index contributed by atoms with van der Waals surface area (Å²) in [6.07, 6.45) is 0. The van der Waals surface area contributed by atoms with Gasteiger partial charge in [-0.15, -0.1) is 11.8 Å². The molecule has 2 N–H and O–H groups in total. The van der Waals surface area contributed by atoms with Gasteiger partial charge in [-0.3, -0.25) is 9.59 Å². The third kappa shape index (κ3) is 5.57. The Balaban J connectivity index is 2.06. The van der Waals surface area contributed by atoms with Crippen LogP contribution in [0.25, 0.3) is 0 Å². The highest BCUT2D eigenvalue weighted by molar-refractivity contribution is 8.00. The fourth-order valence-corrected chi connectivity index (χ4v) is 3.52. The molecular formula is C21H25FN2O2S. The molecule has 27 heavy (non-hydrogen) atoms. The van der Waals surface area contributed by atoms with Crippen LogP contribution in [0, 0.1) is 5.82 Å². The summed E-state index contributed by atoms with van der Waals surface area (Å²) in [6.45, 7) is 6.43. The molecule has 0 saturated heterocycles. The number of benzene rings is 2. The molecule has 0 aliphatic heterocycles. The summed E-state index contributed by atoms with van der Waals surface area (Å²) < 4.78 is 13.5. The Hall–Kier alpha value is -2.34. The van der Waals surface area contributed by atoms with Gasteiger partial charge in [-0.1, -0.05) is 45.0 Å². The summed E-state index contributed by atoms with van der Waals surface area (Å²) in [4.78, 5) is 26.6. The number of carbonyl (C=O) groups is 2. The van der Waals surface area contributed by atoms with E-state index in [9.17, 15) is 14.0 Å². The van der Waals surface area contributed by atoms with Crippen molar-refractivity contribution in [2.75, 3.05) is 12.8 Å². The van der Waals surface area contributed by atoms with Gasteiger partial charge in [0.2, 0.25) is 11.8 Å².